The van der Waals surface area contributed by atoms with Gasteiger partial charge in [-0.3, -0.25) is 4.79 Å². The molecule has 0 spiro atoms. The van der Waals surface area contributed by atoms with Gasteiger partial charge < -0.3 is 24.0 Å². The average Bonchev–Trinajstić information content (AvgIpc) is 2.72. The summed E-state index contributed by atoms with van der Waals surface area (Å²) in [5.74, 6) is 1.26. The maximum Gasteiger partial charge on any atom is 0.257 e. The van der Waals surface area contributed by atoms with Crippen LogP contribution in [0.2, 0.25) is 5.02 Å². The summed E-state index contributed by atoms with van der Waals surface area (Å²) >= 11 is 5.96. The highest BCUT2D eigenvalue weighted by atomic mass is 35.5. The minimum atomic E-state index is -0.0800. The zero-order valence-corrected chi connectivity index (χ0v) is 16.5. The Bertz CT molecular complexity index is 802. The first-order chi connectivity index (χ1) is 13.1. The maximum atomic E-state index is 13.0. The highest BCUT2D eigenvalue weighted by molar-refractivity contribution is 6.30. The van der Waals surface area contributed by atoms with Gasteiger partial charge in [0.2, 0.25) is 5.75 Å². The van der Waals surface area contributed by atoms with Gasteiger partial charge in [0.1, 0.15) is 0 Å². The van der Waals surface area contributed by atoms with Crippen LogP contribution in [-0.2, 0) is 0 Å². The number of hydrogen-bond donors (Lipinski definition) is 0. The van der Waals surface area contributed by atoms with Crippen LogP contribution in [0.5, 0.6) is 17.2 Å². The molecule has 0 radical (unpaired) electrons. The third-order valence-electron chi connectivity index (χ3n) is 4.69. The Balaban J connectivity index is 1.75. The molecule has 1 amide bonds. The first-order valence-electron chi connectivity index (χ1n) is 8.67. The lowest BCUT2D eigenvalue weighted by atomic mass is 10.1. The first-order valence-corrected chi connectivity index (χ1v) is 9.05. The largest absolute Gasteiger partial charge is 0.493 e. The summed E-state index contributed by atoms with van der Waals surface area (Å²) in [5.41, 5.74) is 1.57. The lowest BCUT2D eigenvalue weighted by Crippen LogP contribution is -2.48. The highest BCUT2D eigenvalue weighted by Crippen LogP contribution is 2.40. The lowest BCUT2D eigenvalue weighted by molar-refractivity contribution is 0.0742. The Morgan fingerprint density at radius 3 is 2.04 bits per heavy atom. The van der Waals surface area contributed by atoms with Crippen molar-refractivity contribution in [3.8, 4) is 17.2 Å². The van der Waals surface area contributed by atoms with Crippen molar-refractivity contribution in [2.24, 2.45) is 0 Å². The fraction of sp³-hybridized carbons (Fsp3) is 0.350. The van der Waals surface area contributed by atoms with Crippen molar-refractivity contribution < 1.29 is 19.0 Å². The third-order valence-corrected chi connectivity index (χ3v) is 4.95. The number of hydrogen-bond acceptors (Lipinski definition) is 5. The molecule has 27 heavy (non-hydrogen) atoms. The number of amides is 1. The molecular formula is C20H23ClN2O4. The number of methoxy groups -OCH3 is 3. The van der Waals surface area contributed by atoms with Gasteiger partial charge in [-0.05, 0) is 36.4 Å². The van der Waals surface area contributed by atoms with E-state index in [9.17, 15) is 4.79 Å². The number of rotatable bonds is 5. The summed E-state index contributed by atoms with van der Waals surface area (Å²) in [5, 5.41) is 0.716. The van der Waals surface area contributed by atoms with Gasteiger partial charge in [0.25, 0.3) is 5.91 Å². The van der Waals surface area contributed by atoms with Crippen molar-refractivity contribution in [3.63, 3.8) is 0 Å². The van der Waals surface area contributed by atoms with Crippen molar-refractivity contribution >= 4 is 23.2 Å². The summed E-state index contributed by atoms with van der Waals surface area (Å²) in [6, 6.07) is 11.2. The normalized spacial score (nSPS) is 14.1. The molecule has 0 unspecified atom stereocenters. The Morgan fingerprint density at radius 2 is 1.48 bits per heavy atom. The molecular weight excluding hydrogens is 368 g/mol. The molecule has 2 aromatic carbocycles. The van der Waals surface area contributed by atoms with Crippen LogP contribution in [-0.4, -0.2) is 58.3 Å². The topological polar surface area (TPSA) is 51.2 Å². The lowest BCUT2D eigenvalue weighted by Gasteiger charge is -2.36. The number of piperazine rings is 1. The molecule has 2 aromatic rings. The predicted molar refractivity (Wildman–Crippen MR) is 106 cm³/mol. The van der Waals surface area contributed by atoms with E-state index in [1.54, 1.807) is 19.2 Å². The van der Waals surface area contributed by atoms with Crippen LogP contribution >= 0.6 is 11.6 Å². The van der Waals surface area contributed by atoms with Crippen molar-refractivity contribution in [1.82, 2.24) is 4.90 Å². The van der Waals surface area contributed by atoms with Gasteiger partial charge >= 0.3 is 0 Å². The van der Waals surface area contributed by atoms with Gasteiger partial charge in [0.15, 0.2) is 11.5 Å². The van der Waals surface area contributed by atoms with E-state index in [0.29, 0.717) is 40.9 Å². The minimum Gasteiger partial charge on any atom is -0.493 e. The number of nitrogens with zero attached hydrogens (tertiary/aromatic N) is 2. The number of carbonyl (C=O) groups excluding carboxylic acids is 1. The standard InChI is InChI=1S/C20H23ClN2O4/c1-25-17-9-8-16(18(26-2)19(17)27-3)20(24)23-12-10-22(11-13-23)15-6-4-14(21)5-7-15/h4-9H,10-13H2,1-3H3. The molecule has 7 heteroatoms. The molecule has 0 saturated carbocycles. The second kappa shape index (κ2) is 8.39. The molecule has 0 aromatic heterocycles. The Hall–Kier alpha value is -2.60. The quantitative estimate of drug-likeness (QED) is 0.783. The number of anilines is 1. The van der Waals surface area contributed by atoms with Crippen LogP contribution < -0.4 is 19.1 Å². The van der Waals surface area contributed by atoms with E-state index < -0.39 is 0 Å². The minimum absolute atomic E-state index is 0.0800. The summed E-state index contributed by atoms with van der Waals surface area (Å²) < 4.78 is 16.1. The van der Waals surface area contributed by atoms with Crippen molar-refractivity contribution in [2.45, 2.75) is 0 Å². The van der Waals surface area contributed by atoms with Crippen LogP contribution in [0.1, 0.15) is 10.4 Å². The average molecular weight is 391 g/mol. The summed E-state index contributed by atoms with van der Waals surface area (Å²) in [6.45, 7) is 2.75. The molecule has 0 atom stereocenters. The van der Waals surface area contributed by atoms with Crippen molar-refractivity contribution in [3.05, 3.63) is 47.0 Å². The second-order valence-corrected chi connectivity index (χ2v) is 6.57. The van der Waals surface area contributed by atoms with E-state index in [0.717, 1.165) is 18.8 Å². The van der Waals surface area contributed by atoms with Crippen LogP contribution in [0, 0.1) is 0 Å². The second-order valence-electron chi connectivity index (χ2n) is 6.14. The molecule has 1 aliphatic rings. The van der Waals surface area contributed by atoms with Crippen molar-refractivity contribution in [2.75, 3.05) is 52.4 Å². The van der Waals surface area contributed by atoms with Crippen LogP contribution in [0.15, 0.2) is 36.4 Å². The molecule has 1 heterocycles. The fourth-order valence-corrected chi connectivity index (χ4v) is 3.39. The number of benzene rings is 2. The van der Waals surface area contributed by atoms with E-state index in [2.05, 4.69) is 4.90 Å². The van der Waals surface area contributed by atoms with E-state index in [1.807, 2.05) is 29.2 Å². The Morgan fingerprint density at radius 1 is 0.852 bits per heavy atom. The Labute approximate surface area is 164 Å². The molecule has 1 aliphatic heterocycles. The van der Waals surface area contributed by atoms with Crippen LogP contribution in [0.3, 0.4) is 0 Å². The smallest absolute Gasteiger partial charge is 0.257 e. The van der Waals surface area contributed by atoms with Crippen LogP contribution in [0.4, 0.5) is 5.69 Å². The number of carbonyl (C=O) groups is 1. The monoisotopic (exact) mass is 390 g/mol. The van der Waals surface area contributed by atoms with Gasteiger partial charge in [-0.25, -0.2) is 0 Å². The Kier molecular flexibility index (Phi) is 5.96. The summed E-state index contributed by atoms with van der Waals surface area (Å²) in [6.07, 6.45) is 0. The molecule has 0 aliphatic carbocycles. The summed E-state index contributed by atoms with van der Waals surface area (Å²) in [4.78, 5) is 17.1. The number of ether oxygens (including phenoxy) is 3. The van der Waals surface area contributed by atoms with E-state index in [1.165, 1.54) is 14.2 Å². The van der Waals surface area contributed by atoms with Crippen molar-refractivity contribution in [1.29, 1.82) is 0 Å². The first kappa shape index (κ1) is 19.2. The van der Waals surface area contributed by atoms with Gasteiger partial charge in [0, 0.05) is 36.9 Å². The highest BCUT2D eigenvalue weighted by Gasteiger charge is 2.27. The molecule has 0 bridgehead atoms. The zero-order valence-electron chi connectivity index (χ0n) is 15.7. The van der Waals surface area contributed by atoms with Crippen LogP contribution in [0.25, 0.3) is 0 Å². The van der Waals surface area contributed by atoms with Gasteiger partial charge in [-0.15, -0.1) is 0 Å². The van der Waals surface area contributed by atoms with Gasteiger partial charge in [0.05, 0.1) is 26.9 Å². The van der Waals surface area contributed by atoms with Gasteiger partial charge in [-0.2, -0.15) is 0 Å². The fourth-order valence-electron chi connectivity index (χ4n) is 3.26. The maximum absolute atomic E-state index is 13.0. The number of halogens is 1. The molecule has 6 nitrogen and oxygen atoms in total. The van der Waals surface area contributed by atoms with E-state index in [-0.39, 0.29) is 5.91 Å². The SMILES string of the molecule is COc1ccc(C(=O)N2CCN(c3ccc(Cl)cc3)CC2)c(OC)c1OC. The zero-order chi connectivity index (χ0) is 19.4. The molecule has 1 fully saturated rings. The molecule has 0 N–H and O–H groups in total. The van der Waals surface area contributed by atoms with E-state index in [4.69, 9.17) is 25.8 Å². The molecule has 144 valence electrons. The molecule has 3 rings (SSSR count). The van der Waals surface area contributed by atoms with Gasteiger partial charge in [-0.1, -0.05) is 11.6 Å². The molecule has 1 saturated heterocycles. The summed E-state index contributed by atoms with van der Waals surface area (Å²) in [7, 11) is 4.60. The third kappa shape index (κ3) is 3.90. The van der Waals surface area contributed by atoms with E-state index >= 15 is 0 Å². The predicted octanol–water partition coefficient (Wildman–Crippen LogP) is 3.33.